The van der Waals surface area contributed by atoms with Crippen LogP contribution in [-0.4, -0.2) is 55.2 Å². The number of anilines is 1. The number of nitrogens with one attached hydrogen (secondary N) is 2. The third-order valence-corrected chi connectivity index (χ3v) is 4.44. The number of hydrazine groups is 1. The lowest BCUT2D eigenvalue weighted by atomic mass is 10.1. The average molecular weight is 370 g/mol. The average Bonchev–Trinajstić information content (AvgIpc) is 3.22. The second kappa shape index (κ2) is 8.50. The summed E-state index contributed by atoms with van der Waals surface area (Å²) in [5.74, 6) is -0.586. The van der Waals surface area contributed by atoms with Gasteiger partial charge in [0.25, 0.3) is 5.91 Å². The van der Waals surface area contributed by atoms with Crippen molar-refractivity contribution in [2.24, 2.45) is 0 Å². The molecule has 2 heterocycles. The van der Waals surface area contributed by atoms with Gasteiger partial charge in [0.05, 0.1) is 12.8 Å². The van der Waals surface area contributed by atoms with Crippen LogP contribution in [0.3, 0.4) is 0 Å². The minimum absolute atomic E-state index is 0.0523. The molecule has 0 bridgehead atoms. The minimum Gasteiger partial charge on any atom is -0.459 e. The number of hydrogen-bond acceptors (Lipinski definition) is 6. The van der Waals surface area contributed by atoms with Gasteiger partial charge in [0.2, 0.25) is 0 Å². The summed E-state index contributed by atoms with van der Waals surface area (Å²) >= 11 is 0. The Hall–Kier alpha value is -3.13. The first-order chi connectivity index (χ1) is 13.0. The van der Waals surface area contributed by atoms with Gasteiger partial charge >= 0.3 is 5.91 Å². The Balaban J connectivity index is 1.41. The lowest BCUT2D eigenvalue weighted by molar-refractivity contribution is -0.123. The molecule has 142 valence electrons. The standard InChI is InChI=1S/C19H22N4O4/c1-14(24)15-4-6-16(7-5-15)23-10-8-22(9-11-23)13-18(25)20-21-19(26)17-3-2-12-27-17/h2-7,12H,8-11,13H2,1H3,(H,20,25)(H,21,26). The molecule has 0 radical (unpaired) electrons. The number of ketones is 1. The predicted octanol–water partition coefficient (Wildman–Crippen LogP) is 1.07. The molecule has 2 N–H and O–H groups in total. The molecule has 3 rings (SSSR count). The summed E-state index contributed by atoms with van der Waals surface area (Å²) in [5.41, 5.74) is 6.48. The summed E-state index contributed by atoms with van der Waals surface area (Å²) in [5, 5.41) is 0. The number of furan rings is 1. The molecule has 1 aromatic carbocycles. The zero-order valence-electron chi connectivity index (χ0n) is 15.1. The summed E-state index contributed by atoms with van der Waals surface area (Å²) in [6, 6.07) is 10.7. The molecule has 1 fully saturated rings. The van der Waals surface area contributed by atoms with Crippen molar-refractivity contribution in [2.45, 2.75) is 6.92 Å². The van der Waals surface area contributed by atoms with Crippen molar-refractivity contribution in [1.29, 1.82) is 0 Å². The molecule has 1 aliphatic heterocycles. The lowest BCUT2D eigenvalue weighted by Gasteiger charge is -2.35. The van der Waals surface area contributed by atoms with Crippen LogP contribution in [0.5, 0.6) is 0 Å². The van der Waals surface area contributed by atoms with Crippen molar-refractivity contribution < 1.29 is 18.8 Å². The highest BCUT2D eigenvalue weighted by molar-refractivity contribution is 5.94. The monoisotopic (exact) mass is 370 g/mol. The highest BCUT2D eigenvalue weighted by Crippen LogP contribution is 2.17. The van der Waals surface area contributed by atoms with Gasteiger partial charge in [-0.15, -0.1) is 0 Å². The lowest BCUT2D eigenvalue weighted by Crippen LogP contribution is -2.51. The quantitative estimate of drug-likeness (QED) is 0.604. The minimum atomic E-state index is -0.493. The molecule has 1 saturated heterocycles. The molecule has 8 nitrogen and oxygen atoms in total. The van der Waals surface area contributed by atoms with Crippen molar-refractivity contribution >= 4 is 23.3 Å². The molecule has 0 atom stereocenters. The molecule has 2 aromatic rings. The van der Waals surface area contributed by atoms with E-state index in [1.807, 2.05) is 29.2 Å². The van der Waals surface area contributed by atoms with Crippen molar-refractivity contribution in [1.82, 2.24) is 15.8 Å². The normalized spacial score (nSPS) is 14.6. The summed E-state index contributed by atoms with van der Waals surface area (Å²) in [6.45, 7) is 4.78. The fourth-order valence-corrected chi connectivity index (χ4v) is 2.91. The maximum absolute atomic E-state index is 12.0. The Morgan fingerprint density at radius 3 is 2.30 bits per heavy atom. The molecule has 0 aliphatic carbocycles. The van der Waals surface area contributed by atoms with Gasteiger partial charge in [-0.1, -0.05) is 0 Å². The number of hydrogen-bond donors (Lipinski definition) is 2. The van der Waals surface area contributed by atoms with E-state index in [4.69, 9.17) is 4.42 Å². The summed E-state index contributed by atoms with van der Waals surface area (Å²) in [7, 11) is 0. The number of carbonyl (C=O) groups is 3. The molecule has 0 unspecified atom stereocenters. The van der Waals surface area contributed by atoms with Crippen LogP contribution >= 0.6 is 0 Å². The first kappa shape index (κ1) is 18.7. The van der Waals surface area contributed by atoms with Gasteiger partial charge < -0.3 is 9.32 Å². The van der Waals surface area contributed by atoms with Crippen LogP contribution in [0.2, 0.25) is 0 Å². The number of rotatable bonds is 5. The second-order valence-corrected chi connectivity index (χ2v) is 6.35. The fraction of sp³-hybridized carbons (Fsp3) is 0.316. The molecule has 8 heteroatoms. The van der Waals surface area contributed by atoms with Crippen molar-refractivity contribution in [3.05, 3.63) is 54.0 Å². The van der Waals surface area contributed by atoms with Gasteiger partial charge in [-0.05, 0) is 43.3 Å². The van der Waals surface area contributed by atoms with E-state index in [9.17, 15) is 14.4 Å². The first-order valence-electron chi connectivity index (χ1n) is 8.74. The second-order valence-electron chi connectivity index (χ2n) is 6.35. The maximum atomic E-state index is 12.0. The van der Waals surface area contributed by atoms with Crippen LogP contribution in [0.1, 0.15) is 27.8 Å². The molecule has 2 amide bonds. The van der Waals surface area contributed by atoms with Gasteiger partial charge in [0.15, 0.2) is 11.5 Å². The van der Waals surface area contributed by atoms with Crippen molar-refractivity contribution in [2.75, 3.05) is 37.6 Å². The topological polar surface area (TPSA) is 94.9 Å². The Morgan fingerprint density at radius 1 is 1.00 bits per heavy atom. The predicted molar refractivity (Wildman–Crippen MR) is 99.4 cm³/mol. The van der Waals surface area contributed by atoms with E-state index >= 15 is 0 Å². The maximum Gasteiger partial charge on any atom is 0.305 e. The van der Waals surface area contributed by atoms with Gasteiger partial charge in [-0.25, -0.2) is 0 Å². The van der Waals surface area contributed by atoms with E-state index in [-0.39, 0.29) is 24.0 Å². The third-order valence-electron chi connectivity index (χ3n) is 4.44. The molecule has 27 heavy (non-hydrogen) atoms. The Kier molecular flexibility index (Phi) is 5.87. The van der Waals surface area contributed by atoms with Crippen LogP contribution in [0, 0.1) is 0 Å². The Labute approximate surface area is 157 Å². The van der Waals surface area contributed by atoms with E-state index in [2.05, 4.69) is 15.8 Å². The highest BCUT2D eigenvalue weighted by atomic mass is 16.3. The van der Waals surface area contributed by atoms with Crippen LogP contribution in [0.15, 0.2) is 47.1 Å². The molecular formula is C19H22N4O4. The Morgan fingerprint density at radius 2 is 1.70 bits per heavy atom. The van der Waals surface area contributed by atoms with E-state index in [1.165, 1.54) is 12.3 Å². The van der Waals surface area contributed by atoms with Gasteiger partial charge in [-0.3, -0.25) is 30.1 Å². The number of nitrogens with zero attached hydrogens (tertiary/aromatic N) is 2. The summed E-state index contributed by atoms with van der Waals surface area (Å²) in [6.07, 6.45) is 1.39. The Bertz CT molecular complexity index is 794. The number of piperazine rings is 1. The van der Waals surface area contributed by atoms with Crippen molar-refractivity contribution in [3.63, 3.8) is 0 Å². The molecule has 0 spiro atoms. The summed E-state index contributed by atoms with van der Waals surface area (Å²) < 4.78 is 4.95. The number of Topliss-reactive ketones (excluding diaryl/α,β-unsaturated/α-hetero) is 1. The van der Waals surface area contributed by atoms with Crippen LogP contribution in [0.4, 0.5) is 5.69 Å². The SMILES string of the molecule is CC(=O)c1ccc(N2CCN(CC(=O)NNC(=O)c3ccco3)CC2)cc1. The largest absolute Gasteiger partial charge is 0.459 e. The molecule has 0 saturated carbocycles. The summed E-state index contributed by atoms with van der Waals surface area (Å²) in [4.78, 5) is 39.3. The van der Waals surface area contributed by atoms with E-state index in [0.29, 0.717) is 5.56 Å². The highest BCUT2D eigenvalue weighted by Gasteiger charge is 2.20. The zero-order valence-corrected chi connectivity index (χ0v) is 15.1. The van der Waals surface area contributed by atoms with Crippen LogP contribution in [0.25, 0.3) is 0 Å². The molecule has 1 aromatic heterocycles. The van der Waals surface area contributed by atoms with Gasteiger partial charge in [-0.2, -0.15) is 0 Å². The van der Waals surface area contributed by atoms with Gasteiger partial charge in [0, 0.05) is 37.4 Å². The fourth-order valence-electron chi connectivity index (χ4n) is 2.91. The smallest absolute Gasteiger partial charge is 0.305 e. The van der Waals surface area contributed by atoms with Crippen LogP contribution < -0.4 is 15.8 Å². The van der Waals surface area contributed by atoms with Crippen LogP contribution in [-0.2, 0) is 4.79 Å². The van der Waals surface area contributed by atoms with E-state index in [1.54, 1.807) is 13.0 Å². The first-order valence-corrected chi connectivity index (χ1v) is 8.74. The number of carbonyl (C=O) groups excluding carboxylic acids is 3. The van der Waals surface area contributed by atoms with E-state index < -0.39 is 5.91 Å². The van der Waals surface area contributed by atoms with E-state index in [0.717, 1.165) is 31.9 Å². The zero-order chi connectivity index (χ0) is 19.2. The number of benzene rings is 1. The molecule has 1 aliphatic rings. The molecular weight excluding hydrogens is 348 g/mol. The third kappa shape index (κ3) is 4.95. The van der Waals surface area contributed by atoms with Gasteiger partial charge in [0.1, 0.15) is 0 Å². The number of amides is 2. The van der Waals surface area contributed by atoms with Crippen molar-refractivity contribution in [3.8, 4) is 0 Å².